The zero-order valence-corrected chi connectivity index (χ0v) is 6.77. The molecule has 1 nitrogen and oxygen atoms in total. The van der Waals surface area contributed by atoms with E-state index in [-0.39, 0.29) is 18.4 Å². The maximum absolute atomic E-state index is 5.61. The van der Waals surface area contributed by atoms with Crippen molar-refractivity contribution in [2.45, 2.75) is 13.0 Å². The van der Waals surface area contributed by atoms with Crippen molar-refractivity contribution in [3.8, 4) is 0 Å². The molecule has 0 spiro atoms. The molecule has 0 aromatic heterocycles. The SMILES string of the molecule is C[C@@H](N)c1ccccc1.Cl. The van der Waals surface area contributed by atoms with Gasteiger partial charge in [0.2, 0.25) is 0 Å². The lowest BCUT2D eigenvalue weighted by Crippen LogP contribution is -2.03. The van der Waals surface area contributed by atoms with E-state index in [9.17, 15) is 0 Å². The number of hydrogen-bond acceptors (Lipinski definition) is 1. The molecule has 2 N–H and O–H groups in total. The van der Waals surface area contributed by atoms with Crippen molar-refractivity contribution in [2.24, 2.45) is 5.73 Å². The smallest absolute Gasteiger partial charge is 0.0266 e. The summed E-state index contributed by atoms with van der Waals surface area (Å²) < 4.78 is 0. The van der Waals surface area contributed by atoms with E-state index >= 15 is 0 Å². The third-order valence-corrected chi connectivity index (χ3v) is 1.33. The van der Waals surface area contributed by atoms with Crippen LogP contribution in [0.1, 0.15) is 18.5 Å². The molecule has 0 radical (unpaired) electrons. The van der Waals surface area contributed by atoms with Gasteiger partial charge in [-0.1, -0.05) is 30.3 Å². The summed E-state index contributed by atoms with van der Waals surface area (Å²) in [5.41, 5.74) is 6.81. The van der Waals surface area contributed by atoms with Gasteiger partial charge in [-0.3, -0.25) is 0 Å². The van der Waals surface area contributed by atoms with Crippen LogP contribution in [0.2, 0.25) is 0 Å². The van der Waals surface area contributed by atoms with Crippen molar-refractivity contribution in [3.05, 3.63) is 35.9 Å². The Kier molecular flexibility index (Phi) is 4.08. The highest BCUT2D eigenvalue weighted by atomic mass is 35.5. The van der Waals surface area contributed by atoms with Gasteiger partial charge in [-0.15, -0.1) is 12.4 Å². The lowest BCUT2D eigenvalue weighted by molar-refractivity contribution is 0.818. The van der Waals surface area contributed by atoms with Gasteiger partial charge in [-0.2, -0.15) is 0 Å². The molecule has 2 heteroatoms. The van der Waals surface area contributed by atoms with E-state index in [0.29, 0.717) is 0 Å². The second-order valence-corrected chi connectivity index (χ2v) is 2.20. The topological polar surface area (TPSA) is 26.0 Å². The molecule has 0 heterocycles. The average molecular weight is 158 g/mol. The fourth-order valence-corrected chi connectivity index (χ4v) is 0.757. The van der Waals surface area contributed by atoms with E-state index in [0.717, 1.165) is 0 Å². The Balaban J connectivity index is 0.000000810. The third-order valence-electron chi connectivity index (χ3n) is 1.33. The zero-order chi connectivity index (χ0) is 6.69. The molecule has 0 unspecified atom stereocenters. The standard InChI is InChI=1S/C8H11N.ClH/c1-7(9)8-5-3-2-4-6-8;/h2-7H,9H2,1H3;1H/t7-;/m1./s1. The monoisotopic (exact) mass is 157 g/mol. The van der Waals surface area contributed by atoms with Crippen molar-refractivity contribution in [1.29, 1.82) is 0 Å². The molecule has 10 heavy (non-hydrogen) atoms. The first-order valence-electron chi connectivity index (χ1n) is 3.11. The summed E-state index contributed by atoms with van der Waals surface area (Å²) in [7, 11) is 0. The Bertz CT molecular complexity index is 172. The molecular weight excluding hydrogens is 146 g/mol. The van der Waals surface area contributed by atoms with Crippen LogP contribution in [0.4, 0.5) is 0 Å². The number of halogens is 1. The number of nitrogens with two attached hydrogens (primary N) is 1. The van der Waals surface area contributed by atoms with Gasteiger partial charge in [0.1, 0.15) is 0 Å². The van der Waals surface area contributed by atoms with Crippen molar-refractivity contribution in [3.63, 3.8) is 0 Å². The van der Waals surface area contributed by atoms with Crippen LogP contribution in [0.5, 0.6) is 0 Å². The molecule has 0 amide bonds. The Morgan fingerprint density at radius 1 is 1.20 bits per heavy atom. The second kappa shape index (κ2) is 4.31. The van der Waals surface area contributed by atoms with Crippen LogP contribution in [0.25, 0.3) is 0 Å². The Morgan fingerprint density at radius 2 is 1.70 bits per heavy atom. The largest absolute Gasteiger partial charge is 0.324 e. The van der Waals surface area contributed by atoms with Gasteiger partial charge in [-0.05, 0) is 12.5 Å². The van der Waals surface area contributed by atoms with Gasteiger partial charge in [0.25, 0.3) is 0 Å². The third kappa shape index (κ3) is 2.38. The van der Waals surface area contributed by atoms with Crippen LogP contribution in [-0.4, -0.2) is 0 Å². The van der Waals surface area contributed by atoms with E-state index in [1.54, 1.807) is 0 Å². The second-order valence-electron chi connectivity index (χ2n) is 2.20. The predicted molar refractivity (Wildman–Crippen MR) is 46.3 cm³/mol. The number of benzene rings is 1. The van der Waals surface area contributed by atoms with Crippen LogP contribution >= 0.6 is 12.4 Å². The van der Waals surface area contributed by atoms with Gasteiger partial charge in [-0.25, -0.2) is 0 Å². The molecule has 0 aliphatic carbocycles. The first kappa shape index (κ1) is 9.47. The van der Waals surface area contributed by atoms with E-state index < -0.39 is 0 Å². The Labute approximate surface area is 67.7 Å². The van der Waals surface area contributed by atoms with Crippen molar-refractivity contribution >= 4 is 12.4 Å². The van der Waals surface area contributed by atoms with Gasteiger partial charge >= 0.3 is 0 Å². The number of hydrogen-bond donors (Lipinski definition) is 1. The van der Waals surface area contributed by atoms with E-state index in [4.69, 9.17) is 5.73 Å². The molecule has 1 aromatic carbocycles. The lowest BCUT2D eigenvalue weighted by atomic mass is 10.1. The van der Waals surface area contributed by atoms with Crippen LogP contribution in [0.3, 0.4) is 0 Å². The summed E-state index contributed by atoms with van der Waals surface area (Å²) in [4.78, 5) is 0. The quantitative estimate of drug-likeness (QED) is 0.664. The molecule has 0 saturated carbocycles. The lowest BCUT2D eigenvalue weighted by Gasteiger charge is -2.02. The minimum atomic E-state index is 0. The van der Waals surface area contributed by atoms with Crippen molar-refractivity contribution in [2.75, 3.05) is 0 Å². The summed E-state index contributed by atoms with van der Waals surface area (Å²) in [5, 5.41) is 0. The highest BCUT2D eigenvalue weighted by molar-refractivity contribution is 5.85. The number of rotatable bonds is 1. The highest BCUT2D eigenvalue weighted by Crippen LogP contribution is 2.06. The molecular formula is C8H12ClN. The summed E-state index contributed by atoms with van der Waals surface area (Å²) in [6, 6.07) is 10.2. The van der Waals surface area contributed by atoms with Gasteiger partial charge in [0, 0.05) is 6.04 Å². The normalized spacial score (nSPS) is 11.8. The van der Waals surface area contributed by atoms with E-state index in [1.165, 1.54) is 5.56 Å². The highest BCUT2D eigenvalue weighted by Gasteiger charge is 1.93. The minimum Gasteiger partial charge on any atom is -0.324 e. The van der Waals surface area contributed by atoms with Gasteiger partial charge < -0.3 is 5.73 Å². The Hall–Kier alpha value is -0.530. The predicted octanol–water partition coefficient (Wildman–Crippen LogP) is 2.13. The fourth-order valence-electron chi connectivity index (χ4n) is 0.757. The molecule has 0 saturated heterocycles. The van der Waals surface area contributed by atoms with Crippen LogP contribution < -0.4 is 5.73 Å². The molecule has 1 rings (SSSR count). The summed E-state index contributed by atoms with van der Waals surface area (Å²) in [6.45, 7) is 1.98. The van der Waals surface area contributed by atoms with Crippen LogP contribution in [0.15, 0.2) is 30.3 Å². The summed E-state index contributed by atoms with van der Waals surface area (Å²) in [6.07, 6.45) is 0. The first-order valence-corrected chi connectivity index (χ1v) is 3.11. The molecule has 1 atom stereocenters. The fraction of sp³-hybridized carbons (Fsp3) is 0.250. The first-order chi connectivity index (χ1) is 4.30. The molecule has 1 aromatic rings. The zero-order valence-electron chi connectivity index (χ0n) is 5.95. The molecule has 0 aliphatic rings. The van der Waals surface area contributed by atoms with Crippen molar-refractivity contribution in [1.82, 2.24) is 0 Å². The maximum atomic E-state index is 5.61. The Morgan fingerprint density at radius 3 is 2.00 bits per heavy atom. The maximum Gasteiger partial charge on any atom is 0.0266 e. The molecule has 56 valence electrons. The summed E-state index contributed by atoms with van der Waals surface area (Å²) in [5.74, 6) is 0. The van der Waals surface area contributed by atoms with Crippen LogP contribution in [0, 0.1) is 0 Å². The molecule has 0 bridgehead atoms. The molecule has 0 aliphatic heterocycles. The molecule has 0 fully saturated rings. The average Bonchev–Trinajstić information content (AvgIpc) is 1.90. The van der Waals surface area contributed by atoms with E-state index in [1.807, 2.05) is 37.3 Å². The summed E-state index contributed by atoms with van der Waals surface area (Å²) >= 11 is 0. The van der Waals surface area contributed by atoms with Gasteiger partial charge in [0.05, 0.1) is 0 Å². The van der Waals surface area contributed by atoms with E-state index in [2.05, 4.69) is 0 Å². The van der Waals surface area contributed by atoms with Crippen LogP contribution in [-0.2, 0) is 0 Å². The van der Waals surface area contributed by atoms with Crippen molar-refractivity contribution < 1.29 is 0 Å². The minimum absolute atomic E-state index is 0. The van der Waals surface area contributed by atoms with Gasteiger partial charge in [0.15, 0.2) is 0 Å².